The first-order chi connectivity index (χ1) is 12.1. The van der Waals surface area contributed by atoms with Crippen molar-refractivity contribution in [2.24, 2.45) is 0 Å². The zero-order chi connectivity index (χ0) is 18.1. The Hall–Kier alpha value is -2.42. The molecule has 0 aromatic heterocycles. The molecule has 0 fully saturated rings. The lowest BCUT2D eigenvalue weighted by Crippen LogP contribution is -2.04. The Kier molecular flexibility index (Phi) is 7.39. The van der Waals surface area contributed by atoms with Crippen LogP contribution in [0.3, 0.4) is 0 Å². The third-order valence-corrected chi connectivity index (χ3v) is 4.26. The minimum absolute atomic E-state index is 0.199. The van der Waals surface area contributed by atoms with Crippen molar-refractivity contribution in [3.05, 3.63) is 70.8 Å². The standard InChI is InChI=1S/C22H26O3/c1-17(23)15-20-11-7-18(8-12-20)5-3-4-6-19-9-13-21(14-10-19)16-22(24)25-2/h7-14H,3-6,15-16H2,1-2H3. The van der Waals surface area contributed by atoms with Gasteiger partial charge < -0.3 is 4.74 Å². The summed E-state index contributed by atoms with van der Waals surface area (Å²) in [6.07, 6.45) is 5.21. The number of methoxy groups -OCH3 is 1. The van der Waals surface area contributed by atoms with Crippen LogP contribution in [0.4, 0.5) is 0 Å². The van der Waals surface area contributed by atoms with Crippen LogP contribution in [-0.2, 0) is 40.0 Å². The van der Waals surface area contributed by atoms with Crippen LogP contribution in [0.15, 0.2) is 48.5 Å². The molecule has 0 bridgehead atoms. The number of carbonyl (C=O) groups is 2. The van der Waals surface area contributed by atoms with Gasteiger partial charge >= 0.3 is 5.97 Å². The van der Waals surface area contributed by atoms with Gasteiger partial charge in [0.2, 0.25) is 0 Å². The molecule has 2 aromatic rings. The summed E-state index contributed by atoms with van der Waals surface area (Å²) in [6, 6.07) is 16.5. The summed E-state index contributed by atoms with van der Waals surface area (Å²) in [7, 11) is 1.41. The van der Waals surface area contributed by atoms with Crippen LogP contribution >= 0.6 is 0 Å². The van der Waals surface area contributed by atoms with Crippen molar-refractivity contribution in [2.45, 2.75) is 45.4 Å². The van der Waals surface area contributed by atoms with Crippen LogP contribution in [0, 0.1) is 0 Å². The maximum atomic E-state index is 11.2. The summed E-state index contributed by atoms with van der Waals surface area (Å²) in [5.41, 5.74) is 4.69. The normalized spacial score (nSPS) is 10.5. The van der Waals surface area contributed by atoms with E-state index in [9.17, 15) is 9.59 Å². The monoisotopic (exact) mass is 338 g/mol. The molecule has 0 heterocycles. The number of Topliss-reactive ketones (excluding diaryl/α,β-unsaturated/α-hetero) is 1. The highest BCUT2D eigenvalue weighted by molar-refractivity contribution is 5.78. The van der Waals surface area contributed by atoms with Crippen LogP contribution in [0.1, 0.15) is 42.0 Å². The van der Waals surface area contributed by atoms with Gasteiger partial charge in [0.25, 0.3) is 0 Å². The van der Waals surface area contributed by atoms with Crippen LogP contribution < -0.4 is 0 Å². The highest BCUT2D eigenvalue weighted by Crippen LogP contribution is 2.12. The zero-order valence-electron chi connectivity index (χ0n) is 15.1. The Morgan fingerprint density at radius 3 is 1.52 bits per heavy atom. The number of benzene rings is 2. The number of hydrogen-bond donors (Lipinski definition) is 0. The smallest absolute Gasteiger partial charge is 0.309 e. The Morgan fingerprint density at radius 2 is 1.12 bits per heavy atom. The van der Waals surface area contributed by atoms with Gasteiger partial charge in [-0.1, -0.05) is 48.5 Å². The molecule has 0 amide bonds. The highest BCUT2D eigenvalue weighted by atomic mass is 16.5. The second kappa shape index (κ2) is 9.77. The van der Waals surface area contributed by atoms with E-state index in [-0.39, 0.29) is 11.8 Å². The number of carbonyl (C=O) groups excluding carboxylic acids is 2. The Bertz CT molecular complexity index is 684. The minimum atomic E-state index is -0.206. The lowest BCUT2D eigenvalue weighted by molar-refractivity contribution is -0.139. The van der Waals surface area contributed by atoms with Gasteiger partial charge in [0.05, 0.1) is 13.5 Å². The fourth-order valence-electron chi connectivity index (χ4n) is 2.83. The van der Waals surface area contributed by atoms with Gasteiger partial charge in [-0.15, -0.1) is 0 Å². The molecule has 3 heteroatoms. The molecule has 132 valence electrons. The molecule has 0 unspecified atom stereocenters. The van der Waals surface area contributed by atoms with E-state index in [1.807, 2.05) is 12.1 Å². The molecule has 0 aliphatic heterocycles. The number of unbranched alkanes of at least 4 members (excludes halogenated alkanes) is 1. The number of ether oxygens (including phenoxy) is 1. The highest BCUT2D eigenvalue weighted by Gasteiger charge is 2.03. The summed E-state index contributed by atoms with van der Waals surface area (Å²) in [5.74, 6) is -0.00701. The Balaban J connectivity index is 1.72. The van der Waals surface area contributed by atoms with Gasteiger partial charge in [-0.05, 0) is 54.9 Å². The summed E-state index contributed by atoms with van der Waals surface area (Å²) in [4.78, 5) is 22.4. The molecule has 3 nitrogen and oxygen atoms in total. The van der Waals surface area contributed by atoms with E-state index >= 15 is 0 Å². The molecule has 0 N–H and O–H groups in total. The maximum Gasteiger partial charge on any atom is 0.309 e. The van der Waals surface area contributed by atoms with E-state index in [1.54, 1.807) is 6.92 Å². The van der Waals surface area contributed by atoms with E-state index < -0.39 is 0 Å². The number of rotatable bonds is 9. The van der Waals surface area contributed by atoms with Crippen molar-refractivity contribution in [1.82, 2.24) is 0 Å². The van der Waals surface area contributed by atoms with Crippen molar-refractivity contribution >= 4 is 11.8 Å². The Labute approximate surface area is 150 Å². The number of esters is 1. The number of aryl methyl sites for hydroxylation is 2. The second-order valence-corrected chi connectivity index (χ2v) is 6.47. The summed E-state index contributed by atoms with van der Waals surface area (Å²) < 4.78 is 4.68. The van der Waals surface area contributed by atoms with Crippen molar-refractivity contribution in [1.29, 1.82) is 0 Å². The first kappa shape index (κ1) is 18.9. The first-order valence-corrected chi connectivity index (χ1v) is 8.78. The second-order valence-electron chi connectivity index (χ2n) is 6.47. The topological polar surface area (TPSA) is 43.4 Å². The van der Waals surface area contributed by atoms with Gasteiger partial charge in [0, 0.05) is 6.42 Å². The van der Waals surface area contributed by atoms with Gasteiger partial charge in [-0.3, -0.25) is 9.59 Å². The first-order valence-electron chi connectivity index (χ1n) is 8.78. The molecule has 0 spiro atoms. The van der Waals surface area contributed by atoms with Gasteiger partial charge in [-0.2, -0.15) is 0 Å². The van der Waals surface area contributed by atoms with Crippen LogP contribution in [0.2, 0.25) is 0 Å². The predicted molar refractivity (Wildman–Crippen MR) is 99.6 cm³/mol. The lowest BCUT2D eigenvalue weighted by atomic mass is 10.0. The molecule has 0 aliphatic rings. The van der Waals surface area contributed by atoms with Crippen LogP contribution in [0.25, 0.3) is 0 Å². The van der Waals surface area contributed by atoms with Gasteiger partial charge in [0.15, 0.2) is 0 Å². The van der Waals surface area contributed by atoms with E-state index in [0.29, 0.717) is 12.8 Å². The molecule has 0 atom stereocenters. The number of ketones is 1. The van der Waals surface area contributed by atoms with E-state index in [4.69, 9.17) is 0 Å². The SMILES string of the molecule is COC(=O)Cc1ccc(CCCCc2ccc(CC(C)=O)cc2)cc1. The van der Waals surface area contributed by atoms with Crippen molar-refractivity contribution in [3.8, 4) is 0 Å². The molecular formula is C22H26O3. The molecule has 2 rings (SSSR count). The van der Waals surface area contributed by atoms with E-state index in [1.165, 1.54) is 18.2 Å². The van der Waals surface area contributed by atoms with Crippen molar-refractivity contribution in [2.75, 3.05) is 7.11 Å². The summed E-state index contributed by atoms with van der Waals surface area (Å²) in [5, 5.41) is 0. The lowest BCUT2D eigenvalue weighted by Gasteiger charge is -2.05. The minimum Gasteiger partial charge on any atom is -0.469 e. The number of hydrogen-bond acceptors (Lipinski definition) is 3. The average Bonchev–Trinajstić information content (AvgIpc) is 2.61. The average molecular weight is 338 g/mol. The predicted octanol–water partition coefficient (Wildman–Crippen LogP) is 4.10. The molecule has 0 aliphatic carbocycles. The molecule has 0 saturated heterocycles. The fourth-order valence-corrected chi connectivity index (χ4v) is 2.83. The van der Waals surface area contributed by atoms with E-state index in [2.05, 4.69) is 41.1 Å². The molecule has 2 aromatic carbocycles. The molecule has 0 saturated carbocycles. The Morgan fingerprint density at radius 1 is 0.720 bits per heavy atom. The summed E-state index contributed by atoms with van der Waals surface area (Å²) >= 11 is 0. The molecular weight excluding hydrogens is 312 g/mol. The van der Waals surface area contributed by atoms with Gasteiger partial charge in [-0.25, -0.2) is 0 Å². The van der Waals surface area contributed by atoms with Crippen LogP contribution in [0.5, 0.6) is 0 Å². The third kappa shape index (κ3) is 6.92. The maximum absolute atomic E-state index is 11.2. The summed E-state index contributed by atoms with van der Waals surface area (Å²) in [6.45, 7) is 1.62. The third-order valence-electron chi connectivity index (χ3n) is 4.26. The van der Waals surface area contributed by atoms with Gasteiger partial charge in [0.1, 0.15) is 5.78 Å². The van der Waals surface area contributed by atoms with Crippen LogP contribution in [-0.4, -0.2) is 18.9 Å². The molecule has 0 radical (unpaired) electrons. The van der Waals surface area contributed by atoms with Crippen molar-refractivity contribution in [3.63, 3.8) is 0 Å². The zero-order valence-corrected chi connectivity index (χ0v) is 15.1. The largest absolute Gasteiger partial charge is 0.469 e. The van der Waals surface area contributed by atoms with Crippen molar-refractivity contribution < 1.29 is 14.3 Å². The molecule has 25 heavy (non-hydrogen) atoms. The van der Waals surface area contributed by atoms with E-state index in [0.717, 1.165) is 36.8 Å². The fraction of sp³-hybridized carbons (Fsp3) is 0.364. The quantitative estimate of drug-likeness (QED) is 0.511.